The standard InChI is InChI=1S/C64H109NO8/c1-6-8-10-12-14-16-18-20-22-24-26-28-29-30-31-32-33-35-37-39-41-43-45-47-49-51-53-55-62(67)73-60(59-72-64(63(68)69)70-57-56-65(3,4)5)58-71-61(66)54-52-50-48-46-44-42-40-38-36-34-27-25-23-21-19-17-15-13-11-9-7-2/h8,10,14,16,19-22,25-28,30-31,33,35,60,64H,6-7,9,11-13,15,17-18,23-24,29,32,34,36-59H2,1-5H3/b10-8-,16-14-,21-19-,22-20-,27-25-,28-26-,31-30-,35-33-. The van der Waals surface area contributed by atoms with Crippen molar-refractivity contribution in [2.24, 2.45) is 0 Å². The van der Waals surface area contributed by atoms with Gasteiger partial charge in [0.2, 0.25) is 0 Å². The van der Waals surface area contributed by atoms with E-state index in [0.29, 0.717) is 17.4 Å². The molecule has 0 aliphatic carbocycles. The van der Waals surface area contributed by atoms with Crippen LogP contribution in [-0.2, 0) is 33.3 Å². The van der Waals surface area contributed by atoms with Crippen molar-refractivity contribution in [2.45, 2.75) is 245 Å². The van der Waals surface area contributed by atoms with E-state index in [2.05, 4.69) is 111 Å². The number of carbonyl (C=O) groups excluding carboxylic acids is 3. The lowest BCUT2D eigenvalue weighted by atomic mass is 10.1. The molecule has 0 bridgehead atoms. The number of nitrogens with zero attached hydrogens (tertiary/aromatic N) is 1. The third-order valence-corrected chi connectivity index (χ3v) is 12.3. The van der Waals surface area contributed by atoms with E-state index in [1.165, 1.54) is 96.3 Å². The zero-order chi connectivity index (χ0) is 53.4. The maximum atomic E-state index is 12.9. The van der Waals surface area contributed by atoms with E-state index in [1.807, 2.05) is 21.1 Å². The number of esters is 2. The van der Waals surface area contributed by atoms with Crippen LogP contribution in [0.4, 0.5) is 0 Å². The molecule has 0 N–H and O–H groups in total. The number of hydrogen-bond donors (Lipinski definition) is 0. The van der Waals surface area contributed by atoms with E-state index < -0.39 is 24.3 Å². The van der Waals surface area contributed by atoms with E-state index in [1.54, 1.807) is 0 Å². The first-order valence-electron chi connectivity index (χ1n) is 29.4. The molecule has 0 aromatic carbocycles. The van der Waals surface area contributed by atoms with Crippen molar-refractivity contribution < 1.29 is 42.9 Å². The molecule has 0 fully saturated rings. The van der Waals surface area contributed by atoms with Gasteiger partial charge in [0.25, 0.3) is 0 Å². The third-order valence-electron chi connectivity index (χ3n) is 12.3. The minimum atomic E-state index is -1.63. The van der Waals surface area contributed by atoms with Gasteiger partial charge in [0.15, 0.2) is 12.4 Å². The largest absolute Gasteiger partial charge is 0.545 e. The first kappa shape index (κ1) is 69.2. The highest BCUT2D eigenvalue weighted by Crippen LogP contribution is 2.15. The highest BCUT2D eigenvalue weighted by Gasteiger charge is 2.22. The Hall–Kier alpha value is -3.79. The van der Waals surface area contributed by atoms with Gasteiger partial charge in [-0.3, -0.25) is 9.59 Å². The fraction of sp³-hybridized carbons (Fsp3) is 0.703. The van der Waals surface area contributed by atoms with E-state index in [9.17, 15) is 19.5 Å². The van der Waals surface area contributed by atoms with Gasteiger partial charge < -0.3 is 33.3 Å². The van der Waals surface area contributed by atoms with Gasteiger partial charge in [-0.25, -0.2) is 0 Å². The summed E-state index contributed by atoms with van der Waals surface area (Å²) < 4.78 is 22.7. The molecule has 0 amide bonds. The van der Waals surface area contributed by atoms with Crippen LogP contribution in [0.3, 0.4) is 0 Å². The van der Waals surface area contributed by atoms with Crippen LogP contribution in [0, 0.1) is 0 Å². The predicted octanol–water partition coefficient (Wildman–Crippen LogP) is 16.0. The second-order valence-electron chi connectivity index (χ2n) is 20.5. The number of unbranched alkanes of at least 4 members (excludes halogenated alkanes) is 22. The summed E-state index contributed by atoms with van der Waals surface area (Å²) in [6.45, 7) is 4.61. The molecule has 9 nitrogen and oxygen atoms in total. The van der Waals surface area contributed by atoms with Crippen LogP contribution in [-0.4, -0.2) is 82.3 Å². The summed E-state index contributed by atoms with van der Waals surface area (Å²) in [7, 11) is 5.91. The SMILES string of the molecule is CC/C=C\C/C=C\C/C=C\C/C=C\C/C=C\C/C=C\CCCCCCCCCCC(=O)OC(COC(=O)CCCCCCCCCCC/C=C\C/C=C\CCCCCCC)COC(OCC[N+](C)(C)C)C(=O)[O-]. The summed E-state index contributed by atoms with van der Waals surface area (Å²) in [5, 5.41) is 11.8. The Kier molecular flexibility index (Phi) is 51.6. The van der Waals surface area contributed by atoms with Crippen LogP contribution in [0.1, 0.15) is 232 Å². The van der Waals surface area contributed by atoms with E-state index >= 15 is 0 Å². The molecule has 0 saturated carbocycles. The molecular weight excluding hydrogens is 911 g/mol. The Balaban J connectivity index is 4.30. The second kappa shape index (κ2) is 54.5. The summed E-state index contributed by atoms with van der Waals surface area (Å²) in [5.74, 6) is -2.30. The van der Waals surface area contributed by atoms with Crippen LogP contribution in [0.2, 0.25) is 0 Å². The number of ether oxygens (including phenoxy) is 4. The van der Waals surface area contributed by atoms with Crippen LogP contribution in [0.15, 0.2) is 97.2 Å². The molecule has 0 aromatic heterocycles. The smallest absolute Gasteiger partial charge is 0.306 e. The number of carboxylic acid groups (broad SMARTS) is 1. The summed E-state index contributed by atoms with van der Waals surface area (Å²) in [6, 6.07) is 0. The van der Waals surface area contributed by atoms with E-state index in [4.69, 9.17) is 18.9 Å². The Morgan fingerprint density at radius 3 is 1.16 bits per heavy atom. The summed E-state index contributed by atoms with van der Waals surface area (Å²) in [4.78, 5) is 37.3. The average molecular weight is 1020 g/mol. The van der Waals surface area contributed by atoms with Crippen LogP contribution in [0.5, 0.6) is 0 Å². The molecule has 73 heavy (non-hydrogen) atoms. The van der Waals surface area contributed by atoms with Crippen molar-refractivity contribution >= 4 is 17.9 Å². The normalized spacial score (nSPS) is 13.5. The lowest BCUT2D eigenvalue weighted by Crippen LogP contribution is -2.44. The van der Waals surface area contributed by atoms with Gasteiger partial charge in [0.05, 0.1) is 40.3 Å². The first-order valence-corrected chi connectivity index (χ1v) is 29.4. The third kappa shape index (κ3) is 55.8. The average Bonchev–Trinajstić information content (AvgIpc) is 3.36. The monoisotopic (exact) mass is 1020 g/mol. The van der Waals surface area contributed by atoms with Crippen LogP contribution >= 0.6 is 0 Å². The molecular formula is C64H109NO8. The molecule has 2 unspecified atom stereocenters. The Bertz CT molecular complexity index is 1520. The van der Waals surface area contributed by atoms with Gasteiger partial charge in [-0.15, -0.1) is 0 Å². The predicted molar refractivity (Wildman–Crippen MR) is 306 cm³/mol. The maximum absolute atomic E-state index is 12.9. The number of carboxylic acids is 1. The highest BCUT2D eigenvalue weighted by atomic mass is 16.7. The summed E-state index contributed by atoms with van der Waals surface area (Å²) in [6.07, 6.45) is 70.2. The number of likely N-dealkylation sites (N-methyl/N-ethyl adjacent to an activating group) is 1. The van der Waals surface area contributed by atoms with E-state index in [0.717, 1.165) is 103 Å². The zero-order valence-electron chi connectivity index (χ0n) is 47.5. The maximum Gasteiger partial charge on any atom is 0.306 e. The molecule has 0 heterocycles. The fourth-order valence-corrected chi connectivity index (χ4v) is 7.80. The van der Waals surface area contributed by atoms with Gasteiger partial charge in [0, 0.05) is 12.8 Å². The first-order chi connectivity index (χ1) is 35.6. The second-order valence-corrected chi connectivity index (χ2v) is 20.5. The van der Waals surface area contributed by atoms with Crippen molar-refractivity contribution in [2.75, 3.05) is 47.5 Å². The lowest BCUT2D eigenvalue weighted by Gasteiger charge is -2.26. The van der Waals surface area contributed by atoms with Crippen molar-refractivity contribution in [3.8, 4) is 0 Å². The molecule has 0 aliphatic rings. The number of aliphatic carboxylic acids is 1. The highest BCUT2D eigenvalue weighted by molar-refractivity contribution is 5.70. The van der Waals surface area contributed by atoms with Crippen molar-refractivity contribution in [1.29, 1.82) is 0 Å². The minimum Gasteiger partial charge on any atom is -0.545 e. The van der Waals surface area contributed by atoms with Crippen molar-refractivity contribution in [1.82, 2.24) is 0 Å². The lowest BCUT2D eigenvalue weighted by molar-refractivity contribution is -0.870. The molecule has 0 rings (SSSR count). The molecule has 0 aliphatic heterocycles. The van der Waals surface area contributed by atoms with Crippen molar-refractivity contribution in [3.05, 3.63) is 97.2 Å². The molecule has 0 aromatic rings. The quantitative estimate of drug-likeness (QED) is 0.0195. The number of carbonyl (C=O) groups is 3. The minimum absolute atomic E-state index is 0.140. The van der Waals surface area contributed by atoms with Crippen LogP contribution in [0.25, 0.3) is 0 Å². The van der Waals surface area contributed by atoms with Gasteiger partial charge >= 0.3 is 11.9 Å². The van der Waals surface area contributed by atoms with Gasteiger partial charge in [-0.1, -0.05) is 220 Å². The van der Waals surface area contributed by atoms with E-state index in [-0.39, 0.29) is 38.6 Å². The number of hydrogen-bond acceptors (Lipinski definition) is 8. The van der Waals surface area contributed by atoms with Gasteiger partial charge in [-0.2, -0.15) is 0 Å². The Morgan fingerprint density at radius 2 is 0.781 bits per heavy atom. The topological polar surface area (TPSA) is 111 Å². The number of rotatable bonds is 53. The van der Waals surface area contributed by atoms with Gasteiger partial charge in [-0.05, 0) is 96.3 Å². The summed E-state index contributed by atoms with van der Waals surface area (Å²) in [5.41, 5.74) is 0. The Morgan fingerprint density at radius 1 is 0.425 bits per heavy atom. The molecule has 9 heteroatoms. The van der Waals surface area contributed by atoms with Crippen molar-refractivity contribution in [3.63, 3.8) is 0 Å². The number of allylic oxidation sites excluding steroid dienone is 16. The molecule has 0 spiro atoms. The Labute approximate surface area is 448 Å². The fourth-order valence-electron chi connectivity index (χ4n) is 7.80. The zero-order valence-corrected chi connectivity index (χ0v) is 47.5. The summed E-state index contributed by atoms with van der Waals surface area (Å²) >= 11 is 0. The van der Waals surface area contributed by atoms with Crippen LogP contribution < -0.4 is 5.11 Å². The molecule has 2 atom stereocenters. The molecule has 0 saturated heterocycles. The number of quaternary nitrogens is 1. The molecule has 418 valence electrons. The van der Waals surface area contributed by atoms with Gasteiger partial charge in [0.1, 0.15) is 13.2 Å². The molecule has 0 radical (unpaired) electrons.